The summed E-state index contributed by atoms with van der Waals surface area (Å²) in [6.07, 6.45) is 0. The van der Waals surface area contributed by atoms with Crippen molar-refractivity contribution in [3.63, 3.8) is 0 Å². The van der Waals surface area contributed by atoms with Gasteiger partial charge in [0.1, 0.15) is 29.6 Å². The number of aliphatic hydroxyl groups is 1. The SMILES string of the molecule is N#C/C(=C(/O)COC(=O)c1oc2ccccc2c1COc1ccccc1)c1nc2ccccc2[nH]1. The molecule has 0 saturated heterocycles. The zero-order valence-corrected chi connectivity index (χ0v) is 18.4. The largest absolute Gasteiger partial charge is 0.507 e. The number of benzene rings is 3. The lowest BCUT2D eigenvalue weighted by Gasteiger charge is -2.08. The number of carbonyl (C=O) groups excluding carboxylic acids is 1. The summed E-state index contributed by atoms with van der Waals surface area (Å²) in [5, 5.41) is 20.8. The van der Waals surface area contributed by atoms with Gasteiger partial charge in [-0.15, -0.1) is 0 Å². The minimum absolute atomic E-state index is 0.0304. The van der Waals surface area contributed by atoms with Gasteiger partial charge in [0.2, 0.25) is 5.76 Å². The quantitative estimate of drug-likeness (QED) is 0.184. The van der Waals surface area contributed by atoms with Gasteiger partial charge in [0.25, 0.3) is 0 Å². The molecule has 0 aliphatic heterocycles. The Labute approximate surface area is 199 Å². The van der Waals surface area contributed by atoms with E-state index in [0.717, 1.165) is 5.39 Å². The predicted octanol–water partition coefficient (Wildman–Crippen LogP) is 5.54. The van der Waals surface area contributed by atoms with Crippen molar-refractivity contribution >= 4 is 33.5 Å². The number of fused-ring (bicyclic) bond motifs is 2. The molecule has 2 N–H and O–H groups in total. The minimum atomic E-state index is -0.790. The fourth-order valence-electron chi connectivity index (χ4n) is 3.68. The molecule has 2 heterocycles. The first-order valence-electron chi connectivity index (χ1n) is 10.8. The van der Waals surface area contributed by atoms with Crippen LogP contribution in [0.3, 0.4) is 0 Å². The molecule has 0 atom stereocenters. The summed E-state index contributed by atoms with van der Waals surface area (Å²) in [4.78, 5) is 20.2. The molecule has 0 spiro atoms. The van der Waals surface area contributed by atoms with E-state index in [0.29, 0.717) is 27.9 Å². The number of aliphatic hydroxyl groups excluding tert-OH is 1. The molecule has 0 saturated carbocycles. The second-order valence-electron chi connectivity index (χ2n) is 7.62. The van der Waals surface area contributed by atoms with E-state index >= 15 is 0 Å². The molecule has 5 rings (SSSR count). The van der Waals surface area contributed by atoms with Gasteiger partial charge in [0, 0.05) is 5.39 Å². The number of imidazole rings is 1. The third-order valence-corrected chi connectivity index (χ3v) is 5.38. The lowest BCUT2D eigenvalue weighted by atomic mass is 10.1. The number of hydrogen-bond donors (Lipinski definition) is 2. The van der Waals surface area contributed by atoms with Crippen molar-refractivity contribution < 1.29 is 23.8 Å². The Bertz CT molecular complexity index is 1560. The van der Waals surface area contributed by atoms with Crippen LogP contribution < -0.4 is 4.74 Å². The standard InChI is InChI=1S/C27H19N3O5/c28-14-19(26-29-21-11-5-6-12-22(21)30-26)23(31)16-34-27(32)25-20(15-33-17-8-2-1-3-9-17)18-10-4-7-13-24(18)35-25/h1-13,31H,15-16H2,(H,29,30)/b23-19-. The molecule has 35 heavy (non-hydrogen) atoms. The van der Waals surface area contributed by atoms with Gasteiger partial charge in [0.15, 0.2) is 18.2 Å². The number of aromatic nitrogens is 2. The van der Waals surface area contributed by atoms with Crippen molar-refractivity contribution in [2.24, 2.45) is 0 Å². The van der Waals surface area contributed by atoms with Crippen LogP contribution in [0.25, 0.3) is 27.6 Å². The zero-order valence-electron chi connectivity index (χ0n) is 18.4. The lowest BCUT2D eigenvalue weighted by molar-refractivity contribution is 0.0465. The van der Waals surface area contributed by atoms with Crippen molar-refractivity contribution in [1.29, 1.82) is 5.26 Å². The van der Waals surface area contributed by atoms with E-state index in [2.05, 4.69) is 9.97 Å². The molecule has 0 aliphatic carbocycles. The van der Waals surface area contributed by atoms with Crippen molar-refractivity contribution in [2.75, 3.05) is 6.61 Å². The van der Waals surface area contributed by atoms with E-state index in [9.17, 15) is 15.2 Å². The van der Waals surface area contributed by atoms with E-state index in [1.807, 2.05) is 60.7 Å². The topological polar surface area (TPSA) is 121 Å². The maximum Gasteiger partial charge on any atom is 0.375 e. The smallest absolute Gasteiger partial charge is 0.375 e. The first-order valence-corrected chi connectivity index (χ1v) is 10.8. The molecule has 0 aliphatic rings. The zero-order chi connectivity index (χ0) is 24.2. The number of esters is 1. The highest BCUT2D eigenvalue weighted by Gasteiger charge is 2.23. The van der Waals surface area contributed by atoms with Crippen LogP contribution in [0.5, 0.6) is 5.75 Å². The predicted molar refractivity (Wildman–Crippen MR) is 129 cm³/mol. The second kappa shape index (κ2) is 9.45. The highest BCUT2D eigenvalue weighted by atomic mass is 16.6. The first kappa shape index (κ1) is 21.8. The van der Waals surface area contributed by atoms with Crippen molar-refractivity contribution in [3.05, 3.63) is 102 Å². The summed E-state index contributed by atoms with van der Waals surface area (Å²) in [6.45, 7) is -0.454. The van der Waals surface area contributed by atoms with E-state index in [1.165, 1.54) is 0 Å². The number of H-pyrrole nitrogens is 1. The highest BCUT2D eigenvalue weighted by Crippen LogP contribution is 2.28. The van der Waals surface area contributed by atoms with Crippen LogP contribution in [0.2, 0.25) is 0 Å². The molecule has 8 nitrogen and oxygen atoms in total. The summed E-state index contributed by atoms with van der Waals surface area (Å²) in [5.41, 5.74) is 2.27. The van der Waals surface area contributed by atoms with Crippen LogP contribution in [0.1, 0.15) is 21.9 Å². The molecule has 0 amide bonds. The number of nitrogens with zero attached hydrogens (tertiary/aromatic N) is 2. The van der Waals surface area contributed by atoms with Gasteiger partial charge in [-0.1, -0.05) is 48.5 Å². The van der Waals surface area contributed by atoms with Gasteiger partial charge in [-0.05, 0) is 30.3 Å². The Morgan fingerprint density at radius 1 is 1.03 bits per heavy atom. The van der Waals surface area contributed by atoms with Crippen molar-refractivity contribution in [3.8, 4) is 11.8 Å². The summed E-state index contributed by atoms with van der Waals surface area (Å²) < 4.78 is 16.9. The third kappa shape index (κ3) is 4.43. The summed E-state index contributed by atoms with van der Waals surface area (Å²) in [6, 6.07) is 25.5. The molecular formula is C27H19N3O5. The van der Waals surface area contributed by atoms with E-state index in [1.54, 1.807) is 24.3 Å². The Morgan fingerprint density at radius 3 is 2.57 bits per heavy atom. The molecule has 0 unspecified atom stereocenters. The highest BCUT2D eigenvalue weighted by molar-refractivity contribution is 5.96. The van der Waals surface area contributed by atoms with Crippen molar-refractivity contribution in [2.45, 2.75) is 6.61 Å². The van der Waals surface area contributed by atoms with E-state index in [-0.39, 0.29) is 23.8 Å². The van der Waals surface area contributed by atoms with Gasteiger partial charge in [-0.25, -0.2) is 9.78 Å². The van der Waals surface area contributed by atoms with E-state index < -0.39 is 18.3 Å². The average Bonchev–Trinajstić information content (AvgIpc) is 3.48. The summed E-state index contributed by atoms with van der Waals surface area (Å²) in [5.74, 6) is -0.429. The van der Waals surface area contributed by atoms with Crippen LogP contribution in [0.4, 0.5) is 0 Å². The van der Waals surface area contributed by atoms with Gasteiger partial charge in [0.05, 0.1) is 16.6 Å². The Balaban J connectivity index is 1.38. The van der Waals surface area contributed by atoms with Gasteiger partial charge < -0.3 is 24.0 Å². The summed E-state index contributed by atoms with van der Waals surface area (Å²) >= 11 is 0. The normalized spacial score (nSPS) is 11.7. The maximum atomic E-state index is 12.9. The first-order chi connectivity index (χ1) is 17.1. The molecule has 0 bridgehead atoms. The van der Waals surface area contributed by atoms with Gasteiger partial charge in [-0.2, -0.15) is 5.26 Å². The van der Waals surface area contributed by atoms with E-state index in [4.69, 9.17) is 13.9 Å². The number of nitrogens with one attached hydrogen (secondary N) is 1. The average molecular weight is 465 g/mol. The number of nitriles is 1. The number of aromatic amines is 1. The van der Waals surface area contributed by atoms with Crippen LogP contribution in [-0.2, 0) is 11.3 Å². The lowest BCUT2D eigenvalue weighted by Crippen LogP contribution is -2.11. The Morgan fingerprint density at radius 2 is 1.77 bits per heavy atom. The molecule has 3 aromatic carbocycles. The number of hydrogen-bond acceptors (Lipinski definition) is 7. The molecule has 2 aromatic heterocycles. The van der Waals surface area contributed by atoms with Gasteiger partial charge >= 0.3 is 5.97 Å². The molecule has 5 aromatic rings. The molecule has 172 valence electrons. The number of furan rings is 1. The number of carbonyl (C=O) groups is 1. The minimum Gasteiger partial charge on any atom is -0.507 e. The molecule has 0 radical (unpaired) electrons. The Kier molecular flexibility index (Phi) is 5.89. The number of ether oxygens (including phenoxy) is 2. The van der Waals surface area contributed by atoms with Gasteiger partial charge in [-0.3, -0.25) is 0 Å². The van der Waals surface area contributed by atoms with Crippen molar-refractivity contribution in [1.82, 2.24) is 9.97 Å². The second-order valence-corrected chi connectivity index (χ2v) is 7.62. The number of allylic oxidation sites excluding steroid dienone is 1. The molecular weight excluding hydrogens is 446 g/mol. The monoisotopic (exact) mass is 465 g/mol. The maximum absolute atomic E-state index is 12.9. The Hall–Kier alpha value is -5.03. The van der Waals surface area contributed by atoms with Crippen LogP contribution in [0.15, 0.2) is 89.0 Å². The fraction of sp³-hybridized carbons (Fsp3) is 0.0741. The van der Waals surface area contributed by atoms with Crippen LogP contribution in [0, 0.1) is 11.3 Å². The van der Waals surface area contributed by atoms with Crippen LogP contribution >= 0.6 is 0 Å². The third-order valence-electron chi connectivity index (χ3n) is 5.38. The molecule has 8 heteroatoms. The summed E-state index contributed by atoms with van der Waals surface area (Å²) in [7, 11) is 0. The number of rotatable bonds is 7. The number of para-hydroxylation sites is 4. The fourth-order valence-corrected chi connectivity index (χ4v) is 3.68. The van der Waals surface area contributed by atoms with Crippen LogP contribution in [-0.4, -0.2) is 27.7 Å². The molecule has 0 fully saturated rings.